The molecule has 0 aliphatic carbocycles. The standard InChI is InChI=1S/C16H20N4O/c1-4-14-13(9-11(2)18-19-14)16(21)20(3)15-8-6-5-7-12(15)10-17/h5-9H,4,10,17H2,1-3H3. The Morgan fingerprint density at radius 2 is 2.00 bits per heavy atom. The molecule has 2 rings (SSSR count). The Labute approximate surface area is 124 Å². The van der Waals surface area contributed by atoms with Gasteiger partial charge in [-0.15, -0.1) is 0 Å². The lowest BCUT2D eigenvalue weighted by Crippen LogP contribution is -2.29. The summed E-state index contributed by atoms with van der Waals surface area (Å²) in [6, 6.07) is 9.42. The number of aromatic nitrogens is 2. The fourth-order valence-corrected chi connectivity index (χ4v) is 2.26. The van der Waals surface area contributed by atoms with E-state index in [1.165, 1.54) is 0 Å². The summed E-state index contributed by atoms with van der Waals surface area (Å²) in [5.41, 5.74) is 9.54. The molecule has 2 aromatic rings. The molecule has 0 saturated carbocycles. The van der Waals surface area contributed by atoms with Crippen molar-refractivity contribution in [2.75, 3.05) is 11.9 Å². The molecule has 0 bridgehead atoms. The van der Waals surface area contributed by atoms with Crippen molar-refractivity contribution >= 4 is 11.6 Å². The van der Waals surface area contributed by atoms with Crippen LogP contribution in [0.5, 0.6) is 0 Å². The van der Waals surface area contributed by atoms with Crippen LogP contribution in [0.4, 0.5) is 5.69 Å². The van der Waals surface area contributed by atoms with Crippen LogP contribution in [0.3, 0.4) is 0 Å². The van der Waals surface area contributed by atoms with Gasteiger partial charge in [0.15, 0.2) is 0 Å². The van der Waals surface area contributed by atoms with Crippen molar-refractivity contribution in [1.29, 1.82) is 0 Å². The van der Waals surface area contributed by atoms with Crippen LogP contribution in [-0.2, 0) is 13.0 Å². The van der Waals surface area contributed by atoms with Gasteiger partial charge in [0, 0.05) is 19.3 Å². The van der Waals surface area contributed by atoms with Gasteiger partial charge in [-0.25, -0.2) is 0 Å². The molecule has 1 aromatic heterocycles. The number of carbonyl (C=O) groups excluding carboxylic acids is 1. The van der Waals surface area contributed by atoms with E-state index in [0.717, 1.165) is 16.9 Å². The van der Waals surface area contributed by atoms with Gasteiger partial charge in [-0.3, -0.25) is 4.79 Å². The lowest BCUT2D eigenvalue weighted by molar-refractivity contribution is 0.0991. The van der Waals surface area contributed by atoms with E-state index in [2.05, 4.69) is 10.2 Å². The molecule has 0 radical (unpaired) electrons. The zero-order valence-electron chi connectivity index (χ0n) is 12.6. The summed E-state index contributed by atoms with van der Waals surface area (Å²) in [5.74, 6) is -0.0919. The van der Waals surface area contributed by atoms with Gasteiger partial charge in [-0.2, -0.15) is 10.2 Å². The predicted octanol–water partition coefficient (Wildman–Crippen LogP) is 2.08. The van der Waals surface area contributed by atoms with Crippen molar-refractivity contribution in [3.63, 3.8) is 0 Å². The van der Waals surface area contributed by atoms with E-state index in [9.17, 15) is 4.79 Å². The molecule has 2 N–H and O–H groups in total. The minimum absolute atomic E-state index is 0.0919. The molecule has 21 heavy (non-hydrogen) atoms. The smallest absolute Gasteiger partial charge is 0.260 e. The highest BCUT2D eigenvalue weighted by Gasteiger charge is 2.19. The molecule has 1 aromatic carbocycles. The molecule has 5 nitrogen and oxygen atoms in total. The maximum atomic E-state index is 12.8. The van der Waals surface area contributed by atoms with Crippen LogP contribution < -0.4 is 10.6 Å². The maximum absolute atomic E-state index is 12.8. The first-order chi connectivity index (χ1) is 10.1. The molecule has 110 valence electrons. The highest BCUT2D eigenvalue weighted by molar-refractivity contribution is 6.06. The Balaban J connectivity index is 2.42. The van der Waals surface area contributed by atoms with Gasteiger partial charge in [0.2, 0.25) is 0 Å². The highest BCUT2D eigenvalue weighted by atomic mass is 16.2. The van der Waals surface area contributed by atoms with Crippen LogP contribution in [-0.4, -0.2) is 23.2 Å². The number of nitrogens with two attached hydrogens (primary N) is 1. The number of anilines is 1. The first kappa shape index (κ1) is 15.1. The Hall–Kier alpha value is -2.27. The van der Waals surface area contributed by atoms with Crippen molar-refractivity contribution < 1.29 is 4.79 Å². The van der Waals surface area contributed by atoms with E-state index in [4.69, 9.17) is 5.73 Å². The number of carbonyl (C=O) groups is 1. The summed E-state index contributed by atoms with van der Waals surface area (Å²) in [7, 11) is 1.76. The topological polar surface area (TPSA) is 72.1 Å². The van der Waals surface area contributed by atoms with Gasteiger partial charge in [0.1, 0.15) is 0 Å². The van der Waals surface area contributed by atoms with Gasteiger partial charge < -0.3 is 10.6 Å². The molecule has 0 saturated heterocycles. The van der Waals surface area contributed by atoms with E-state index in [1.54, 1.807) is 18.0 Å². The van der Waals surface area contributed by atoms with E-state index >= 15 is 0 Å². The average molecular weight is 284 g/mol. The average Bonchev–Trinajstić information content (AvgIpc) is 2.53. The molecule has 0 atom stereocenters. The third-order valence-corrected chi connectivity index (χ3v) is 3.44. The van der Waals surface area contributed by atoms with E-state index < -0.39 is 0 Å². The summed E-state index contributed by atoms with van der Waals surface area (Å²) in [6.45, 7) is 4.18. The van der Waals surface area contributed by atoms with E-state index in [-0.39, 0.29) is 5.91 Å². The quantitative estimate of drug-likeness (QED) is 0.933. The minimum atomic E-state index is -0.0919. The summed E-state index contributed by atoms with van der Waals surface area (Å²) in [5, 5.41) is 8.13. The largest absolute Gasteiger partial charge is 0.326 e. The van der Waals surface area contributed by atoms with Crippen LogP contribution in [0.2, 0.25) is 0 Å². The lowest BCUT2D eigenvalue weighted by atomic mass is 10.1. The number of amides is 1. The van der Waals surface area contributed by atoms with Crippen LogP contribution in [0, 0.1) is 6.92 Å². The summed E-state index contributed by atoms with van der Waals surface area (Å²) < 4.78 is 0. The number of para-hydroxylation sites is 1. The monoisotopic (exact) mass is 284 g/mol. The minimum Gasteiger partial charge on any atom is -0.326 e. The first-order valence-corrected chi connectivity index (χ1v) is 6.97. The zero-order chi connectivity index (χ0) is 15.4. The van der Waals surface area contributed by atoms with Gasteiger partial charge in [-0.1, -0.05) is 25.1 Å². The molecule has 0 fully saturated rings. The Morgan fingerprint density at radius 3 is 2.67 bits per heavy atom. The molecular formula is C16H20N4O. The van der Waals surface area contributed by atoms with Crippen molar-refractivity contribution in [2.45, 2.75) is 26.8 Å². The molecule has 0 spiro atoms. The van der Waals surface area contributed by atoms with Crippen molar-refractivity contribution in [3.8, 4) is 0 Å². The highest BCUT2D eigenvalue weighted by Crippen LogP contribution is 2.21. The fraction of sp³-hybridized carbons (Fsp3) is 0.312. The van der Waals surface area contributed by atoms with Crippen molar-refractivity contribution in [1.82, 2.24) is 10.2 Å². The SMILES string of the molecule is CCc1nnc(C)cc1C(=O)N(C)c1ccccc1CN. The lowest BCUT2D eigenvalue weighted by Gasteiger charge is -2.21. The van der Waals surface area contributed by atoms with E-state index in [0.29, 0.717) is 24.2 Å². The number of nitrogens with zero attached hydrogens (tertiary/aromatic N) is 3. The van der Waals surface area contributed by atoms with Gasteiger partial charge in [-0.05, 0) is 31.0 Å². The molecule has 1 amide bonds. The van der Waals surface area contributed by atoms with Crippen LogP contribution in [0.1, 0.15) is 34.2 Å². The Morgan fingerprint density at radius 1 is 1.29 bits per heavy atom. The number of benzene rings is 1. The first-order valence-electron chi connectivity index (χ1n) is 6.97. The van der Waals surface area contributed by atoms with Gasteiger partial charge in [0.25, 0.3) is 5.91 Å². The second-order valence-corrected chi connectivity index (χ2v) is 4.90. The summed E-state index contributed by atoms with van der Waals surface area (Å²) in [4.78, 5) is 14.4. The number of hydrogen-bond donors (Lipinski definition) is 1. The normalized spacial score (nSPS) is 10.5. The molecule has 0 aliphatic heterocycles. The van der Waals surface area contributed by atoms with Gasteiger partial charge in [0.05, 0.1) is 17.0 Å². The van der Waals surface area contributed by atoms with Crippen molar-refractivity contribution in [3.05, 3.63) is 52.8 Å². The third kappa shape index (κ3) is 3.08. The van der Waals surface area contributed by atoms with Gasteiger partial charge >= 0.3 is 0 Å². The number of aryl methyl sites for hydroxylation is 2. The molecule has 1 heterocycles. The predicted molar refractivity (Wildman–Crippen MR) is 83.2 cm³/mol. The Bertz CT molecular complexity index is 654. The molecular weight excluding hydrogens is 264 g/mol. The Kier molecular flexibility index (Phi) is 4.65. The number of hydrogen-bond acceptors (Lipinski definition) is 4. The summed E-state index contributed by atoms with van der Waals surface area (Å²) >= 11 is 0. The fourth-order valence-electron chi connectivity index (χ4n) is 2.26. The molecule has 5 heteroatoms. The summed E-state index contributed by atoms with van der Waals surface area (Å²) in [6.07, 6.45) is 0.667. The molecule has 0 unspecified atom stereocenters. The maximum Gasteiger partial charge on any atom is 0.260 e. The van der Waals surface area contributed by atoms with E-state index in [1.807, 2.05) is 38.1 Å². The van der Waals surface area contributed by atoms with Crippen LogP contribution in [0.25, 0.3) is 0 Å². The number of rotatable bonds is 4. The second-order valence-electron chi connectivity index (χ2n) is 4.90. The van der Waals surface area contributed by atoms with Crippen molar-refractivity contribution in [2.24, 2.45) is 5.73 Å². The van der Waals surface area contributed by atoms with Crippen LogP contribution in [0.15, 0.2) is 30.3 Å². The third-order valence-electron chi connectivity index (χ3n) is 3.44. The second kappa shape index (κ2) is 6.45. The van der Waals surface area contributed by atoms with Crippen LogP contribution >= 0.6 is 0 Å². The molecule has 0 aliphatic rings. The zero-order valence-corrected chi connectivity index (χ0v) is 12.6.